The largest absolute Gasteiger partial charge is 0.362 e. The highest BCUT2D eigenvalue weighted by atomic mass is 16.5. The van der Waals surface area contributed by atoms with E-state index in [0.29, 0.717) is 6.42 Å². The lowest BCUT2D eigenvalue weighted by Gasteiger charge is -2.42. The highest BCUT2D eigenvalue weighted by Crippen LogP contribution is 2.47. The molecule has 0 aliphatic heterocycles. The fourth-order valence-electron chi connectivity index (χ4n) is 2.87. The van der Waals surface area contributed by atoms with E-state index in [-0.39, 0.29) is 10.8 Å². The molecule has 2 N–H and O–H groups in total. The van der Waals surface area contributed by atoms with E-state index in [1.54, 1.807) is 6.92 Å². The molecule has 0 amide bonds. The van der Waals surface area contributed by atoms with Crippen LogP contribution in [0.1, 0.15) is 53.9 Å². The first-order valence-corrected chi connectivity index (χ1v) is 5.75. The van der Waals surface area contributed by atoms with Gasteiger partial charge >= 0.3 is 0 Å². The van der Waals surface area contributed by atoms with Crippen LogP contribution in [0.15, 0.2) is 11.6 Å². The summed E-state index contributed by atoms with van der Waals surface area (Å²) in [6, 6.07) is 0. The summed E-state index contributed by atoms with van der Waals surface area (Å²) in [6.45, 7) is 10.5. The zero-order chi connectivity index (χ0) is 11.9. The minimum absolute atomic E-state index is 0.0585. The maximum atomic E-state index is 9.90. The summed E-state index contributed by atoms with van der Waals surface area (Å²) in [5.41, 5.74) is 0.994. The fraction of sp³-hybridized carbons (Fsp3) is 0.846. The van der Waals surface area contributed by atoms with Crippen molar-refractivity contribution >= 4 is 0 Å². The van der Waals surface area contributed by atoms with Crippen molar-refractivity contribution in [1.82, 2.24) is 0 Å². The molecule has 0 atom stereocenters. The number of hydrogen-bond donors (Lipinski definition) is 2. The topological polar surface area (TPSA) is 40.5 Å². The summed E-state index contributed by atoms with van der Waals surface area (Å²) < 4.78 is 0. The van der Waals surface area contributed by atoms with Crippen molar-refractivity contribution in [2.24, 2.45) is 10.8 Å². The SMILES string of the molecule is CCC(O)(O)C1=CC(C)(C)CC(C)(C)C1. The predicted molar refractivity (Wildman–Crippen MR) is 62.3 cm³/mol. The van der Waals surface area contributed by atoms with Gasteiger partial charge in [0.15, 0.2) is 5.79 Å². The molecule has 88 valence electrons. The van der Waals surface area contributed by atoms with Gasteiger partial charge in [-0.1, -0.05) is 40.7 Å². The van der Waals surface area contributed by atoms with Gasteiger partial charge in [-0.05, 0) is 29.2 Å². The molecule has 0 aromatic carbocycles. The van der Waals surface area contributed by atoms with Gasteiger partial charge in [0.1, 0.15) is 0 Å². The molecule has 1 aliphatic rings. The Kier molecular flexibility index (Phi) is 3.05. The first kappa shape index (κ1) is 12.7. The second-order valence-electron chi connectivity index (χ2n) is 6.35. The van der Waals surface area contributed by atoms with Crippen LogP contribution in [-0.4, -0.2) is 16.0 Å². The van der Waals surface area contributed by atoms with Gasteiger partial charge in [0.05, 0.1) is 0 Å². The van der Waals surface area contributed by atoms with E-state index < -0.39 is 5.79 Å². The van der Waals surface area contributed by atoms with E-state index in [4.69, 9.17) is 0 Å². The minimum atomic E-state index is -1.62. The Hall–Kier alpha value is -0.340. The molecule has 0 saturated carbocycles. The second-order valence-corrected chi connectivity index (χ2v) is 6.35. The average Bonchev–Trinajstić information content (AvgIpc) is 1.98. The monoisotopic (exact) mass is 212 g/mol. The maximum absolute atomic E-state index is 9.90. The normalized spacial score (nSPS) is 24.9. The van der Waals surface area contributed by atoms with Crippen molar-refractivity contribution in [1.29, 1.82) is 0 Å². The van der Waals surface area contributed by atoms with E-state index in [9.17, 15) is 10.2 Å². The first-order valence-electron chi connectivity index (χ1n) is 5.75. The molecule has 0 bridgehead atoms. The number of allylic oxidation sites excluding steroid dienone is 1. The Labute approximate surface area is 93.0 Å². The Morgan fingerprint density at radius 1 is 1.27 bits per heavy atom. The quantitative estimate of drug-likeness (QED) is 0.546. The molecule has 2 heteroatoms. The summed E-state index contributed by atoms with van der Waals surface area (Å²) in [7, 11) is 0. The Bertz CT molecular complexity index is 272. The van der Waals surface area contributed by atoms with Crippen LogP contribution < -0.4 is 0 Å². The molecule has 0 aromatic rings. The van der Waals surface area contributed by atoms with Crippen LogP contribution in [0, 0.1) is 10.8 Å². The van der Waals surface area contributed by atoms with E-state index in [1.165, 1.54) is 0 Å². The van der Waals surface area contributed by atoms with Gasteiger partial charge in [0.25, 0.3) is 0 Å². The molecule has 1 aliphatic carbocycles. The molecule has 1 rings (SSSR count). The van der Waals surface area contributed by atoms with Crippen LogP contribution >= 0.6 is 0 Å². The lowest BCUT2D eigenvalue weighted by Crippen LogP contribution is -2.37. The molecule has 0 spiro atoms. The highest BCUT2D eigenvalue weighted by Gasteiger charge is 2.39. The first-order chi connectivity index (χ1) is 6.58. The van der Waals surface area contributed by atoms with Gasteiger partial charge in [0.2, 0.25) is 0 Å². The van der Waals surface area contributed by atoms with Crippen LogP contribution in [0.2, 0.25) is 0 Å². The van der Waals surface area contributed by atoms with Crippen molar-refractivity contribution in [2.75, 3.05) is 0 Å². The van der Waals surface area contributed by atoms with E-state index in [0.717, 1.165) is 18.4 Å². The summed E-state index contributed by atoms with van der Waals surface area (Å²) in [4.78, 5) is 0. The smallest absolute Gasteiger partial charge is 0.185 e. The van der Waals surface area contributed by atoms with E-state index in [1.807, 2.05) is 6.08 Å². The lowest BCUT2D eigenvalue weighted by molar-refractivity contribution is -0.136. The molecule has 0 saturated heterocycles. The fourth-order valence-corrected chi connectivity index (χ4v) is 2.87. The van der Waals surface area contributed by atoms with Crippen molar-refractivity contribution < 1.29 is 10.2 Å². The van der Waals surface area contributed by atoms with Crippen LogP contribution in [0.5, 0.6) is 0 Å². The van der Waals surface area contributed by atoms with Crippen molar-refractivity contribution in [2.45, 2.75) is 59.7 Å². The zero-order valence-corrected chi connectivity index (χ0v) is 10.6. The molecule has 0 radical (unpaired) electrons. The maximum Gasteiger partial charge on any atom is 0.185 e. The van der Waals surface area contributed by atoms with Crippen LogP contribution in [-0.2, 0) is 0 Å². The van der Waals surface area contributed by atoms with Gasteiger partial charge < -0.3 is 10.2 Å². The summed E-state index contributed by atoms with van der Waals surface area (Å²) in [5.74, 6) is -1.62. The summed E-state index contributed by atoms with van der Waals surface area (Å²) >= 11 is 0. The number of rotatable bonds is 2. The molecule has 0 heterocycles. The molecule has 2 nitrogen and oxygen atoms in total. The molecule has 15 heavy (non-hydrogen) atoms. The third-order valence-electron chi connectivity index (χ3n) is 3.18. The molecular weight excluding hydrogens is 188 g/mol. The third kappa shape index (κ3) is 3.05. The zero-order valence-electron chi connectivity index (χ0n) is 10.6. The van der Waals surface area contributed by atoms with Gasteiger partial charge in [-0.2, -0.15) is 0 Å². The van der Waals surface area contributed by atoms with Crippen molar-refractivity contribution in [3.63, 3.8) is 0 Å². The summed E-state index contributed by atoms with van der Waals surface area (Å²) in [5, 5.41) is 19.8. The van der Waals surface area contributed by atoms with Gasteiger partial charge in [0, 0.05) is 6.42 Å². The molecule has 0 fully saturated rings. The standard InChI is InChI=1S/C13H24O2/c1-6-13(14,15)10-7-11(2,3)9-12(4,5)8-10/h7,14-15H,6,8-9H2,1-5H3. The van der Waals surface area contributed by atoms with Crippen LogP contribution in [0.25, 0.3) is 0 Å². The third-order valence-corrected chi connectivity index (χ3v) is 3.18. The predicted octanol–water partition coefficient (Wildman–Crippen LogP) is 2.85. The molecular formula is C13H24O2. The van der Waals surface area contributed by atoms with E-state index >= 15 is 0 Å². The van der Waals surface area contributed by atoms with Crippen LogP contribution in [0.3, 0.4) is 0 Å². The van der Waals surface area contributed by atoms with Gasteiger partial charge in [-0.15, -0.1) is 0 Å². The summed E-state index contributed by atoms with van der Waals surface area (Å²) in [6.07, 6.45) is 4.26. The Morgan fingerprint density at radius 2 is 1.80 bits per heavy atom. The Balaban J connectivity index is 3.04. The minimum Gasteiger partial charge on any atom is -0.362 e. The van der Waals surface area contributed by atoms with Gasteiger partial charge in [-0.3, -0.25) is 0 Å². The van der Waals surface area contributed by atoms with Gasteiger partial charge in [-0.25, -0.2) is 0 Å². The van der Waals surface area contributed by atoms with E-state index in [2.05, 4.69) is 27.7 Å². The van der Waals surface area contributed by atoms with Crippen LogP contribution in [0.4, 0.5) is 0 Å². The van der Waals surface area contributed by atoms with Crippen molar-refractivity contribution in [3.8, 4) is 0 Å². The second kappa shape index (κ2) is 3.60. The molecule has 0 aromatic heterocycles. The lowest BCUT2D eigenvalue weighted by atomic mass is 9.65. The average molecular weight is 212 g/mol. The van der Waals surface area contributed by atoms with Crippen molar-refractivity contribution in [3.05, 3.63) is 11.6 Å². The number of aliphatic hydroxyl groups is 2. The highest BCUT2D eigenvalue weighted by molar-refractivity contribution is 5.21. The Morgan fingerprint density at radius 3 is 2.20 bits per heavy atom. The number of hydrogen-bond acceptors (Lipinski definition) is 2. The molecule has 0 unspecified atom stereocenters.